The zero-order chi connectivity index (χ0) is 13.9. The maximum Gasteiger partial charge on any atom is 0.417 e. The summed E-state index contributed by atoms with van der Waals surface area (Å²) in [4.78, 5) is 0. The van der Waals surface area contributed by atoms with Gasteiger partial charge >= 0.3 is 6.18 Å². The number of nitrogens with one attached hydrogen (secondary N) is 1. The molecule has 1 N–H and O–H groups in total. The smallest absolute Gasteiger partial charge is 0.385 e. The van der Waals surface area contributed by atoms with Gasteiger partial charge in [0.2, 0.25) is 0 Å². The predicted molar refractivity (Wildman–Crippen MR) is 71.2 cm³/mol. The van der Waals surface area contributed by atoms with Gasteiger partial charge in [-0.05, 0) is 37.0 Å². The van der Waals surface area contributed by atoms with Crippen molar-refractivity contribution < 1.29 is 17.9 Å². The van der Waals surface area contributed by atoms with Crippen LogP contribution in [-0.4, -0.2) is 19.8 Å². The van der Waals surface area contributed by atoms with Gasteiger partial charge in [0.1, 0.15) is 0 Å². The van der Waals surface area contributed by atoms with Gasteiger partial charge < -0.3 is 10.1 Å². The zero-order valence-electron chi connectivity index (χ0n) is 10.3. The predicted octanol–water partition coefficient (Wildman–Crippen LogP) is 4.31. The molecule has 0 bridgehead atoms. The van der Waals surface area contributed by atoms with Crippen molar-refractivity contribution in [2.24, 2.45) is 5.92 Å². The lowest BCUT2D eigenvalue weighted by Crippen LogP contribution is -2.24. The maximum absolute atomic E-state index is 12.7. The Kier molecular flexibility index (Phi) is 4.73. The fraction of sp³-hybridized carbons (Fsp3) is 0.538. The summed E-state index contributed by atoms with van der Waals surface area (Å²) >= 11 is 2.93. The zero-order valence-corrected chi connectivity index (χ0v) is 11.9. The highest BCUT2D eigenvalue weighted by atomic mass is 79.9. The highest BCUT2D eigenvalue weighted by molar-refractivity contribution is 9.10. The van der Waals surface area contributed by atoms with Crippen molar-refractivity contribution in [2.45, 2.75) is 19.0 Å². The molecule has 0 radical (unpaired) electrons. The van der Waals surface area contributed by atoms with Crippen LogP contribution in [0.1, 0.15) is 18.4 Å². The summed E-state index contributed by atoms with van der Waals surface area (Å²) in [6.45, 7) is 2.10. The fourth-order valence-corrected chi connectivity index (χ4v) is 2.55. The van der Waals surface area contributed by atoms with Crippen LogP contribution in [0.25, 0.3) is 0 Å². The SMILES string of the molecule is FC(F)(F)c1cc(NCC2CCCOC2)ccc1Br. The number of hydrogen-bond donors (Lipinski definition) is 1. The van der Waals surface area contributed by atoms with Crippen molar-refractivity contribution in [3.63, 3.8) is 0 Å². The minimum absolute atomic E-state index is 0.0616. The van der Waals surface area contributed by atoms with Crippen molar-refractivity contribution in [3.8, 4) is 0 Å². The average Bonchev–Trinajstić information content (AvgIpc) is 2.37. The number of alkyl halides is 3. The molecule has 1 aliphatic heterocycles. The Labute approximate surface area is 118 Å². The molecule has 1 aromatic carbocycles. The Hall–Kier alpha value is -0.750. The Morgan fingerprint density at radius 3 is 2.79 bits per heavy atom. The fourth-order valence-electron chi connectivity index (χ4n) is 2.08. The lowest BCUT2D eigenvalue weighted by molar-refractivity contribution is -0.138. The minimum Gasteiger partial charge on any atom is -0.385 e. The maximum atomic E-state index is 12.7. The minimum atomic E-state index is -4.34. The second-order valence-corrected chi connectivity index (χ2v) is 5.51. The molecule has 0 amide bonds. The molecule has 1 saturated heterocycles. The van der Waals surface area contributed by atoms with E-state index >= 15 is 0 Å². The first-order valence-corrected chi connectivity index (χ1v) is 6.94. The Morgan fingerprint density at radius 2 is 2.16 bits per heavy atom. The molecule has 1 aromatic rings. The van der Waals surface area contributed by atoms with Crippen molar-refractivity contribution in [1.82, 2.24) is 0 Å². The van der Waals surface area contributed by atoms with Gasteiger partial charge in [0.05, 0.1) is 12.2 Å². The molecule has 2 nitrogen and oxygen atoms in total. The highest BCUT2D eigenvalue weighted by Crippen LogP contribution is 2.36. The molecule has 1 heterocycles. The van der Waals surface area contributed by atoms with E-state index in [4.69, 9.17) is 4.74 Å². The molecule has 2 rings (SSSR count). The van der Waals surface area contributed by atoms with Crippen LogP contribution >= 0.6 is 15.9 Å². The van der Waals surface area contributed by atoms with E-state index in [9.17, 15) is 13.2 Å². The van der Waals surface area contributed by atoms with Crippen molar-refractivity contribution >= 4 is 21.6 Å². The van der Waals surface area contributed by atoms with E-state index in [1.807, 2.05) is 0 Å². The Morgan fingerprint density at radius 1 is 1.37 bits per heavy atom. The largest absolute Gasteiger partial charge is 0.417 e. The topological polar surface area (TPSA) is 21.3 Å². The van der Waals surface area contributed by atoms with E-state index in [0.29, 0.717) is 24.8 Å². The number of ether oxygens (including phenoxy) is 1. The monoisotopic (exact) mass is 337 g/mol. The Balaban J connectivity index is 2.00. The molecule has 0 aromatic heterocycles. The van der Waals surface area contributed by atoms with Crippen LogP contribution in [0.3, 0.4) is 0 Å². The molecule has 0 spiro atoms. The van der Waals surface area contributed by atoms with Crippen LogP contribution in [0.15, 0.2) is 22.7 Å². The molecule has 6 heteroatoms. The van der Waals surface area contributed by atoms with Crippen molar-refractivity contribution in [2.75, 3.05) is 25.1 Å². The summed E-state index contributed by atoms with van der Waals surface area (Å²) < 4.78 is 43.6. The number of rotatable bonds is 3. The highest BCUT2D eigenvalue weighted by Gasteiger charge is 2.33. The summed E-state index contributed by atoms with van der Waals surface area (Å²) in [5.74, 6) is 0.367. The first-order chi connectivity index (χ1) is 8.97. The molecule has 19 heavy (non-hydrogen) atoms. The molecular formula is C13H15BrF3NO. The summed E-state index contributed by atoms with van der Waals surface area (Å²) in [6, 6.07) is 4.19. The third kappa shape index (κ3) is 4.11. The van der Waals surface area contributed by atoms with Crippen LogP contribution in [-0.2, 0) is 10.9 Å². The van der Waals surface area contributed by atoms with Gasteiger partial charge in [-0.15, -0.1) is 0 Å². The molecule has 1 aliphatic rings. The van der Waals surface area contributed by atoms with Gasteiger partial charge in [-0.1, -0.05) is 15.9 Å². The van der Waals surface area contributed by atoms with Crippen molar-refractivity contribution in [3.05, 3.63) is 28.2 Å². The second-order valence-electron chi connectivity index (χ2n) is 4.66. The summed E-state index contributed by atoms with van der Waals surface area (Å²) in [6.07, 6.45) is -2.28. The first-order valence-electron chi connectivity index (χ1n) is 6.15. The van der Waals surface area contributed by atoms with Gasteiger partial charge in [0.25, 0.3) is 0 Å². The molecule has 1 atom stereocenters. The van der Waals surface area contributed by atoms with E-state index in [1.54, 1.807) is 6.07 Å². The molecule has 106 valence electrons. The number of hydrogen-bond acceptors (Lipinski definition) is 2. The lowest BCUT2D eigenvalue weighted by atomic mass is 10.0. The quantitative estimate of drug-likeness (QED) is 0.887. The lowest BCUT2D eigenvalue weighted by Gasteiger charge is -2.23. The van der Waals surface area contributed by atoms with Gasteiger partial charge in [0.15, 0.2) is 0 Å². The third-order valence-electron chi connectivity index (χ3n) is 3.12. The van der Waals surface area contributed by atoms with Crippen LogP contribution in [0.2, 0.25) is 0 Å². The summed E-state index contributed by atoms with van der Waals surface area (Å²) in [5.41, 5.74) is -0.168. The molecule has 1 fully saturated rings. The van der Waals surface area contributed by atoms with E-state index < -0.39 is 11.7 Å². The van der Waals surface area contributed by atoms with E-state index in [1.165, 1.54) is 6.07 Å². The van der Waals surface area contributed by atoms with Crippen LogP contribution in [0.5, 0.6) is 0 Å². The summed E-state index contributed by atoms with van der Waals surface area (Å²) in [7, 11) is 0. The third-order valence-corrected chi connectivity index (χ3v) is 3.81. The molecule has 0 aliphatic carbocycles. The Bertz CT molecular complexity index is 430. The van der Waals surface area contributed by atoms with E-state index in [-0.39, 0.29) is 4.47 Å². The van der Waals surface area contributed by atoms with Gasteiger partial charge in [-0.25, -0.2) is 0 Å². The normalized spacial score (nSPS) is 20.3. The van der Waals surface area contributed by atoms with Gasteiger partial charge in [-0.3, -0.25) is 0 Å². The number of anilines is 1. The van der Waals surface area contributed by atoms with Crippen LogP contribution < -0.4 is 5.32 Å². The first kappa shape index (κ1) is 14.7. The standard InChI is InChI=1S/C13H15BrF3NO/c14-12-4-3-10(6-11(12)13(15,16)17)18-7-9-2-1-5-19-8-9/h3-4,6,9,18H,1-2,5,7-8H2. The molecule has 0 saturated carbocycles. The number of benzene rings is 1. The number of halogens is 4. The van der Waals surface area contributed by atoms with Crippen LogP contribution in [0, 0.1) is 5.92 Å². The second kappa shape index (κ2) is 6.13. The molecule has 1 unspecified atom stereocenters. The van der Waals surface area contributed by atoms with Crippen LogP contribution in [0.4, 0.5) is 18.9 Å². The van der Waals surface area contributed by atoms with E-state index in [2.05, 4.69) is 21.2 Å². The average molecular weight is 338 g/mol. The van der Waals surface area contributed by atoms with Crippen molar-refractivity contribution in [1.29, 1.82) is 0 Å². The van der Waals surface area contributed by atoms with E-state index in [0.717, 1.165) is 25.5 Å². The molecular weight excluding hydrogens is 323 g/mol. The summed E-state index contributed by atoms with van der Waals surface area (Å²) in [5, 5.41) is 3.05. The van der Waals surface area contributed by atoms with Gasteiger partial charge in [0, 0.05) is 23.3 Å². The van der Waals surface area contributed by atoms with Gasteiger partial charge in [-0.2, -0.15) is 13.2 Å².